The highest BCUT2D eigenvalue weighted by Crippen LogP contribution is 2.28. The van der Waals surface area contributed by atoms with E-state index in [0.29, 0.717) is 17.2 Å². The van der Waals surface area contributed by atoms with Gasteiger partial charge in [-0.25, -0.2) is 0 Å². The van der Waals surface area contributed by atoms with E-state index in [1.807, 2.05) is 18.2 Å². The van der Waals surface area contributed by atoms with Gasteiger partial charge in [0.2, 0.25) is 0 Å². The first kappa shape index (κ1) is 14.1. The van der Waals surface area contributed by atoms with Gasteiger partial charge in [0.05, 0.1) is 5.56 Å². The first-order valence-corrected chi connectivity index (χ1v) is 7.53. The number of hydrogen-bond acceptors (Lipinski definition) is 3. The minimum Gasteiger partial charge on any atom is -0.384 e. The van der Waals surface area contributed by atoms with Crippen molar-refractivity contribution in [2.45, 2.75) is 31.3 Å². The Morgan fingerprint density at radius 2 is 2.19 bits per heavy atom. The molecule has 0 aliphatic carbocycles. The third-order valence-electron chi connectivity index (χ3n) is 4.40. The molecule has 2 aliphatic rings. The third-order valence-corrected chi connectivity index (χ3v) is 4.40. The molecule has 21 heavy (non-hydrogen) atoms. The van der Waals surface area contributed by atoms with Crippen molar-refractivity contribution in [1.82, 2.24) is 10.2 Å². The first-order chi connectivity index (χ1) is 10.3. The van der Waals surface area contributed by atoms with Crippen molar-refractivity contribution in [1.29, 1.82) is 0 Å². The predicted molar refractivity (Wildman–Crippen MR) is 80.9 cm³/mol. The zero-order chi connectivity index (χ0) is 14.7. The summed E-state index contributed by atoms with van der Waals surface area (Å²) in [6.45, 7) is 2.05. The van der Waals surface area contributed by atoms with Crippen LogP contribution in [0.1, 0.15) is 35.2 Å². The van der Waals surface area contributed by atoms with Crippen molar-refractivity contribution in [2.24, 2.45) is 0 Å². The molecule has 0 spiro atoms. The van der Waals surface area contributed by atoms with Crippen LogP contribution in [-0.4, -0.2) is 47.7 Å². The van der Waals surface area contributed by atoms with E-state index in [9.17, 15) is 4.79 Å². The third kappa shape index (κ3) is 2.94. The number of aliphatic hydroxyl groups is 1. The molecular formula is C17H20N2O2. The topological polar surface area (TPSA) is 52.6 Å². The van der Waals surface area contributed by atoms with Gasteiger partial charge in [-0.1, -0.05) is 24.0 Å². The summed E-state index contributed by atoms with van der Waals surface area (Å²) in [4.78, 5) is 15.0. The maximum atomic E-state index is 12.5. The van der Waals surface area contributed by atoms with Gasteiger partial charge in [0, 0.05) is 24.2 Å². The van der Waals surface area contributed by atoms with Gasteiger partial charge in [0.25, 0.3) is 5.91 Å². The zero-order valence-electron chi connectivity index (χ0n) is 12.0. The molecule has 2 heterocycles. The average Bonchev–Trinajstić information content (AvgIpc) is 3.10. The number of fused-ring (bicyclic) bond motifs is 1. The van der Waals surface area contributed by atoms with E-state index in [4.69, 9.17) is 5.11 Å². The van der Waals surface area contributed by atoms with Crippen LogP contribution in [0.25, 0.3) is 0 Å². The van der Waals surface area contributed by atoms with Crippen LogP contribution in [0.5, 0.6) is 0 Å². The van der Waals surface area contributed by atoms with Gasteiger partial charge < -0.3 is 10.4 Å². The van der Waals surface area contributed by atoms with E-state index in [0.717, 1.165) is 19.5 Å². The smallest absolute Gasteiger partial charge is 0.252 e. The average molecular weight is 284 g/mol. The van der Waals surface area contributed by atoms with Gasteiger partial charge >= 0.3 is 0 Å². The molecule has 2 saturated heterocycles. The minimum absolute atomic E-state index is 0.0587. The largest absolute Gasteiger partial charge is 0.384 e. The lowest BCUT2D eigenvalue weighted by molar-refractivity contribution is 0.0929. The summed E-state index contributed by atoms with van der Waals surface area (Å²) >= 11 is 0. The van der Waals surface area contributed by atoms with Crippen molar-refractivity contribution in [3.63, 3.8) is 0 Å². The Morgan fingerprint density at radius 1 is 1.33 bits per heavy atom. The molecule has 2 atom stereocenters. The van der Waals surface area contributed by atoms with Gasteiger partial charge in [-0.15, -0.1) is 0 Å². The zero-order valence-corrected chi connectivity index (χ0v) is 12.0. The standard InChI is InChI=1S/C17H20N2O2/c20-12-4-6-13-5-1-2-7-14(13)17(21)18-15-9-11-19-10-3-8-16(15)19/h1-2,5,7,15-16,20H,3,8-12H2,(H,18,21). The number of carbonyl (C=O) groups excluding carboxylic acids is 1. The maximum absolute atomic E-state index is 12.5. The molecule has 1 aromatic rings. The fraction of sp³-hybridized carbons (Fsp3) is 0.471. The second kappa shape index (κ2) is 6.30. The van der Waals surface area contributed by atoms with E-state index in [1.165, 1.54) is 12.8 Å². The molecule has 2 fully saturated rings. The highest BCUT2D eigenvalue weighted by atomic mass is 16.2. The Bertz CT molecular complexity index is 588. The molecule has 3 rings (SSSR count). The molecule has 2 aliphatic heterocycles. The normalized spacial score (nSPS) is 24.2. The van der Waals surface area contributed by atoms with Crippen LogP contribution < -0.4 is 5.32 Å². The maximum Gasteiger partial charge on any atom is 0.252 e. The quantitative estimate of drug-likeness (QED) is 0.797. The number of aliphatic hydroxyl groups excluding tert-OH is 1. The highest BCUT2D eigenvalue weighted by Gasteiger charge is 2.37. The molecule has 2 N–H and O–H groups in total. The Labute approximate surface area is 125 Å². The fourth-order valence-electron chi connectivity index (χ4n) is 3.42. The first-order valence-electron chi connectivity index (χ1n) is 7.53. The Kier molecular flexibility index (Phi) is 4.23. The number of hydrogen-bond donors (Lipinski definition) is 2. The van der Waals surface area contributed by atoms with Crippen LogP contribution in [0.2, 0.25) is 0 Å². The molecular weight excluding hydrogens is 264 g/mol. The van der Waals surface area contributed by atoms with Gasteiger partial charge in [-0.2, -0.15) is 0 Å². The number of benzene rings is 1. The number of carbonyl (C=O) groups is 1. The van der Waals surface area contributed by atoms with Crippen LogP contribution >= 0.6 is 0 Å². The molecule has 1 aromatic carbocycles. The second-order valence-corrected chi connectivity index (χ2v) is 5.62. The Hall–Kier alpha value is -1.83. The highest BCUT2D eigenvalue weighted by molar-refractivity contribution is 5.97. The summed E-state index contributed by atoms with van der Waals surface area (Å²) < 4.78 is 0. The van der Waals surface area contributed by atoms with E-state index in [1.54, 1.807) is 6.07 Å². The predicted octanol–water partition coefficient (Wildman–Crippen LogP) is 0.997. The lowest BCUT2D eigenvalue weighted by Gasteiger charge is -2.21. The van der Waals surface area contributed by atoms with Gasteiger partial charge in [-0.3, -0.25) is 9.69 Å². The fourth-order valence-corrected chi connectivity index (χ4v) is 3.42. The van der Waals surface area contributed by atoms with Crippen LogP contribution in [-0.2, 0) is 0 Å². The van der Waals surface area contributed by atoms with Gasteiger partial charge in [0.15, 0.2) is 0 Å². The van der Waals surface area contributed by atoms with Crippen molar-refractivity contribution >= 4 is 5.91 Å². The van der Waals surface area contributed by atoms with Crippen molar-refractivity contribution < 1.29 is 9.90 Å². The van der Waals surface area contributed by atoms with E-state index in [2.05, 4.69) is 22.1 Å². The summed E-state index contributed by atoms with van der Waals surface area (Å²) in [6, 6.07) is 8.05. The molecule has 0 saturated carbocycles. The molecule has 0 radical (unpaired) electrons. The lowest BCUT2D eigenvalue weighted by Crippen LogP contribution is -2.42. The van der Waals surface area contributed by atoms with Crippen LogP contribution in [0.15, 0.2) is 24.3 Å². The second-order valence-electron chi connectivity index (χ2n) is 5.62. The van der Waals surface area contributed by atoms with Crippen LogP contribution in [0.3, 0.4) is 0 Å². The molecule has 0 bridgehead atoms. The van der Waals surface area contributed by atoms with Gasteiger partial charge in [0.1, 0.15) is 6.61 Å². The SMILES string of the molecule is O=C(NC1CCN2CCCC12)c1ccccc1C#CCO. The molecule has 1 amide bonds. The van der Waals surface area contributed by atoms with Crippen LogP contribution in [0.4, 0.5) is 0 Å². The monoisotopic (exact) mass is 284 g/mol. The molecule has 4 heteroatoms. The summed E-state index contributed by atoms with van der Waals surface area (Å²) in [5.74, 6) is 5.39. The van der Waals surface area contributed by atoms with Crippen molar-refractivity contribution in [2.75, 3.05) is 19.7 Å². The van der Waals surface area contributed by atoms with E-state index >= 15 is 0 Å². The van der Waals surface area contributed by atoms with E-state index in [-0.39, 0.29) is 18.6 Å². The number of nitrogens with one attached hydrogen (secondary N) is 1. The number of amides is 1. The summed E-state index contributed by atoms with van der Waals surface area (Å²) in [5.41, 5.74) is 1.26. The lowest BCUT2D eigenvalue weighted by atomic mass is 10.0. The summed E-state index contributed by atoms with van der Waals surface area (Å²) in [5, 5.41) is 12.0. The molecule has 4 nitrogen and oxygen atoms in total. The summed E-state index contributed by atoms with van der Waals surface area (Å²) in [7, 11) is 0. The Morgan fingerprint density at radius 3 is 3.05 bits per heavy atom. The van der Waals surface area contributed by atoms with Crippen molar-refractivity contribution in [3.05, 3.63) is 35.4 Å². The minimum atomic E-state index is -0.199. The number of rotatable bonds is 2. The van der Waals surface area contributed by atoms with Crippen molar-refractivity contribution in [3.8, 4) is 11.8 Å². The number of nitrogens with zero attached hydrogens (tertiary/aromatic N) is 1. The Balaban J connectivity index is 1.74. The van der Waals surface area contributed by atoms with E-state index < -0.39 is 0 Å². The van der Waals surface area contributed by atoms with Crippen LogP contribution in [0, 0.1) is 11.8 Å². The van der Waals surface area contributed by atoms with Gasteiger partial charge in [-0.05, 0) is 37.9 Å². The molecule has 0 aromatic heterocycles. The molecule has 110 valence electrons. The molecule has 2 unspecified atom stereocenters. The summed E-state index contributed by atoms with van der Waals surface area (Å²) in [6.07, 6.45) is 3.44.